The Hall–Kier alpha value is -3.68. The maximum atomic E-state index is 12.2. The SMILES string of the molecule is Cc1ccc(-c2ccc(C=C3C(=O)N(C)C(=O)N(C)C3=O)o2)cc1C(=O)O. The molecule has 0 bridgehead atoms. The van der Waals surface area contributed by atoms with Crippen molar-refractivity contribution in [1.29, 1.82) is 0 Å². The number of likely N-dealkylation sites (N-methyl/N-ethyl adjacent to an activating group) is 2. The standard InChI is InChI=1S/C19H16N2O6/c1-10-4-5-11(8-13(10)18(24)25)15-7-6-12(27-15)9-14-16(22)20(2)19(26)21(3)17(14)23/h4-9H,1-3H3,(H,24,25). The van der Waals surface area contributed by atoms with Crippen LogP contribution in [0.3, 0.4) is 0 Å². The zero-order valence-electron chi connectivity index (χ0n) is 14.8. The molecule has 3 rings (SSSR count). The van der Waals surface area contributed by atoms with E-state index in [0.29, 0.717) is 16.9 Å². The average molecular weight is 368 g/mol. The van der Waals surface area contributed by atoms with Gasteiger partial charge in [-0.3, -0.25) is 19.4 Å². The molecule has 2 heterocycles. The monoisotopic (exact) mass is 368 g/mol. The zero-order chi connectivity index (χ0) is 19.9. The fourth-order valence-corrected chi connectivity index (χ4v) is 2.71. The summed E-state index contributed by atoms with van der Waals surface area (Å²) < 4.78 is 5.65. The number of carboxylic acids is 1. The van der Waals surface area contributed by atoms with Crippen LogP contribution >= 0.6 is 0 Å². The number of rotatable bonds is 3. The number of hydrogen-bond donors (Lipinski definition) is 1. The van der Waals surface area contributed by atoms with E-state index in [9.17, 15) is 24.3 Å². The summed E-state index contributed by atoms with van der Waals surface area (Å²) in [6, 6.07) is 7.34. The van der Waals surface area contributed by atoms with E-state index >= 15 is 0 Å². The Balaban J connectivity index is 1.97. The molecule has 1 aromatic carbocycles. The van der Waals surface area contributed by atoms with E-state index in [-0.39, 0.29) is 16.9 Å². The van der Waals surface area contributed by atoms with Gasteiger partial charge in [0.2, 0.25) is 0 Å². The second-order valence-corrected chi connectivity index (χ2v) is 6.11. The lowest BCUT2D eigenvalue weighted by atomic mass is 10.0. The quantitative estimate of drug-likeness (QED) is 0.658. The summed E-state index contributed by atoms with van der Waals surface area (Å²) in [5, 5.41) is 9.24. The molecule has 27 heavy (non-hydrogen) atoms. The maximum absolute atomic E-state index is 12.2. The van der Waals surface area contributed by atoms with Gasteiger partial charge in [0.25, 0.3) is 11.8 Å². The molecule has 0 saturated carbocycles. The Labute approximate surface area is 154 Å². The highest BCUT2D eigenvalue weighted by Gasteiger charge is 2.38. The number of furan rings is 1. The van der Waals surface area contributed by atoms with E-state index < -0.39 is 23.8 Å². The number of urea groups is 1. The van der Waals surface area contributed by atoms with Crippen molar-refractivity contribution in [3.05, 3.63) is 52.8 Å². The summed E-state index contributed by atoms with van der Waals surface area (Å²) in [6.07, 6.45) is 1.26. The van der Waals surface area contributed by atoms with Crippen LogP contribution in [0.1, 0.15) is 21.7 Å². The fraction of sp³-hybridized carbons (Fsp3) is 0.158. The maximum Gasteiger partial charge on any atom is 0.335 e. The smallest absolute Gasteiger partial charge is 0.335 e. The van der Waals surface area contributed by atoms with Gasteiger partial charge in [-0.2, -0.15) is 0 Å². The van der Waals surface area contributed by atoms with Crippen LogP contribution in [0.15, 0.2) is 40.3 Å². The Morgan fingerprint density at radius 3 is 2.26 bits per heavy atom. The van der Waals surface area contributed by atoms with Crippen molar-refractivity contribution in [1.82, 2.24) is 9.80 Å². The van der Waals surface area contributed by atoms with Gasteiger partial charge in [-0.15, -0.1) is 0 Å². The average Bonchev–Trinajstić information content (AvgIpc) is 3.11. The summed E-state index contributed by atoms with van der Waals surface area (Å²) in [5.41, 5.74) is 1.13. The first kappa shape index (κ1) is 18.1. The van der Waals surface area contributed by atoms with Gasteiger partial charge in [0.1, 0.15) is 17.1 Å². The van der Waals surface area contributed by atoms with E-state index in [4.69, 9.17) is 4.42 Å². The third-order valence-corrected chi connectivity index (χ3v) is 4.31. The van der Waals surface area contributed by atoms with Crippen LogP contribution in [0.4, 0.5) is 4.79 Å². The molecule has 8 heteroatoms. The summed E-state index contributed by atoms with van der Waals surface area (Å²) in [4.78, 5) is 49.2. The van der Waals surface area contributed by atoms with Crippen molar-refractivity contribution >= 4 is 29.9 Å². The van der Waals surface area contributed by atoms with Gasteiger partial charge in [0.05, 0.1) is 5.56 Å². The number of nitrogens with zero attached hydrogens (tertiary/aromatic N) is 2. The molecular weight excluding hydrogens is 352 g/mol. The molecule has 1 aliphatic rings. The van der Waals surface area contributed by atoms with E-state index in [0.717, 1.165) is 9.80 Å². The zero-order valence-corrected chi connectivity index (χ0v) is 14.8. The van der Waals surface area contributed by atoms with Gasteiger partial charge in [-0.1, -0.05) is 12.1 Å². The van der Waals surface area contributed by atoms with E-state index in [1.54, 1.807) is 31.2 Å². The Bertz CT molecular complexity index is 991. The van der Waals surface area contributed by atoms with Crippen molar-refractivity contribution in [2.75, 3.05) is 14.1 Å². The van der Waals surface area contributed by atoms with Crippen molar-refractivity contribution in [2.45, 2.75) is 6.92 Å². The molecule has 4 amide bonds. The number of carbonyl (C=O) groups excluding carboxylic acids is 3. The number of carboxylic acid groups (broad SMARTS) is 1. The molecular formula is C19H16N2O6. The van der Waals surface area contributed by atoms with Gasteiger partial charge in [0.15, 0.2) is 0 Å². The normalized spacial score (nSPS) is 14.8. The molecule has 2 aromatic rings. The number of aromatic carboxylic acids is 1. The topological polar surface area (TPSA) is 108 Å². The molecule has 138 valence electrons. The molecule has 0 unspecified atom stereocenters. The van der Waals surface area contributed by atoms with E-state index in [1.165, 1.54) is 26.2 Å². The Morgan fingerprint density at radius 2 is 1.67 bits per heavy atom. The molecule has 1 fully saturated rings. The first-order chi connectivity index (χ1) is 12.7. The molecule has 1 saturated heterocycles. The summed E-state index contributed by atoms with van der Waals surface area (Å²) in [5.74, 6) is -1.86. The highest BCUT2D eigenvalue weighted by atomic mass is 16.4. The predicted molar refractivity (Wildman–Crippen MR) is 94.8 cm³/mol. The highest BCUT2D eigenvalue weighted by Crippen LogP contribution is 2.26. The largest absolute Gasteiger partial charge is 0.478 e. The van der Waals surface area contributed by atoms with Crippen LogP contribution < -0.4 is 0 Å². The highest BCUT2D eigenvalue weighted by molar-refractivity contribution is 6.30. The third-order valence-electron chi connectivity index (χ3n) is 4.31. The Kier molecular flexibility index (Phi) is 4.40. The van der Waals surface area contributed by atoms with Crippen molar-refractivity contribution in [3.63, 3.8) is 0 Å². The molecule has 1 aliphatic heterocycles. The molecule has 8 nitrogen and oxygen atoms in total. The molecule has 0 spiro atoms. The van der Waals surface area contributed by atoms with Gasteiger partial charge >= 0.3 is 12.0 Å². The summed E-state index contributed by atoms with van der Waals surface area (Å²) in [6.45, 7) is 1.69. The van der Waals surface area contributed by atoms with Gasteiger partial charge < -0.3 is 9.52 Å². The van der Waals surface area contributed by atoms with Gasteiger partial charge in [0, 0.05) is 19.7 Å². The minimum atomic E-state index is -1.04. The van der Waals surface area contributed by atoms with Crippen LogP contribution in [0.25, 0.3) is 17.4 Å². The minimum Gasteiger partial charge on any atom is -0.478 e. The van der Waals surface area contributed by atoms with Crippen LogP contribution in [0.2, 0.25) is 0 Å². The molecule has 0 aliphatic carbocycles. The molecule has 1 N–H and O–H groups in total. The van der Waals surface area contributed by atoms with Crippen molar-refractivity contribution < 1.29 is 28.7 Å². The first-order valence-corrected chi connectivity index (χ1v) is 7.96. The van der Waals surface area contributed by atoms with Gasteiger partial charge in [-0.05, 0) is 36.8 Å². The summed E-state index contributed by atoms with van der Waals surface area (Å²) in [7, 11) is 2.57. The number of carbonyl (C=O) groups is 4. The van der Waals surface area contributed by atoms with Crippen LogP contribution in [0.5, 0.6) is 0 Å². The molecule has 0 radical (unpaired) electrons. The second-order valence-electron chi connectivity index (χ2n) is 6.11. The molecule has 0 atom stereocenters. The number of imide groups is 2. The third kappa shape index (κ3) is 3.12. The lowest BCUT2D eigenvalue weighted by molar-refractivity contribution is -0.134. The van der Waals surface area contributed by atoms with E-state index in [2.05, 4.69) is 0 Å². The van der Waals surface area contributed by atoms with Gasteiger partial charge in [-0.25, -0.2) is 9.59 Å². The van der Waals surface area contributed by atoms with Crippen molar-refractivity contribution in [3.8, 4) is 11.3 Å². The van der Waals surface area contributed by atoms with Crippen LogP contribution in [0, 0.1) is 6.92 Å². The van der Waals surface area contributed by atoms with E-state index in [1.807, 2.05) is 0 Å². The van der Waals surface area contributed by atoms with Crippen LogP contribution in [-0.2, 0) is 9.59 Å². The first-order valence-electron chi connectivity index (χ1n) is 7.96. The number of barbiturate groups is 1. The van der Waals surface area contributed by atoms with Crippen molar-refractivity contribution in [2.24, 2.45) is 0 Å². The fourth-order valence-electron chi connectivity index (χ4n) is 2.71. The summed E-state index contributed by atoms with van der Waals surface area (Å²) >= 11 is 0. The Morgan fingerprint density at radius 1 is 1.04 bits per heavy atom. The lowest BCUT2D eigenvalue weighted by Gasteiger charge is -2.28. The second kappa shape index (κ2) is 6.56. The molecule has 1 aromatic heterocycles. The predicted octanol–water partition coefficient (Wildman–Crippen LogP) is 2.39. The lowest BCUT2D eigenvalue weighted by Crippen LogP contribution is -2.52. The number of hydrogen-bond acceptors (Lipinski definition) is 5. The number of benzene rings is 1. The minimum absolute atomic E-state index is 0.156. The number of amides is 4. The number of aryl methyl sites for hydroxylation is 1. The van der Waals surface area contributed by atoms with Crippen LogP contribution in [-0.4, -0.2) is 52.8 Å².